The van der Waals surface area contributed by atoms with Gasteiger partial charge in [-0.25, -0.2) is 19.2 Å². The van der Waals surface area contributed by atoms with Gasteiger partial charge in [-0.2, -0.15) is 0 Å². The molecule has 0 spiro atoms. The summed E-state index contributed by atoms with van der Waals surface area (Å²) >= 11 is 0. The quantitative estimate of drug-likeness (QED) is 0.221. The van der Waals surface area contributed by atoms with Crippen LogP contribution in [-0.4, -0.2) is 87.7 Å². The largest absolute Gasteiger partial charge is 0.448 e. The SMILES string of the molecule is CN(CCOC(=O)NCC1CCCC(CNC(=O)OCCNC(=O)NC2CCCCC2)C1)C(=O)NC1CCCCC1. The van der Waals surface area contributed by atoms with Crippen molar-refractivity contribution in [3.05, 3.63) is 0 Å². The summed E-state index contributed by atoms with van der Waals surface area (Å²) in [4.78, 5) is 50.0. The zero-order valence-electron chi connectivity index (χ0n) is 24.8. The molecule has 0 radical (unpaired) electrons. The predicted octanol–water partition coefficient (Wildman–Crippen LogP) is 3.85. The molecule has 3 saturated carbocycles. The molecular formula is C29H52N6O6. The molecule has 0 saturated heterocycles. The van der Waals surface area contributed by atoms with Crippen LogP contribution in [0.1, 0.15) is 89.9 Å². The normalized spacial score (nSPS) is 21.7. The molecule has 234 valence electrons. The van der Waals surface area contributed by atoms with Crippen LogP contribution < -0.4 is 26.6 Å². The van der Waals surface area contributed by atoms with E-state index < -0.39 is 12.2 Å². The number of rotatable bonds is 12. The van der Waals surface area contributed by atoms with Gasteiger partial charge in [-0.1, -0.05) is 44.9 Å². The van der Waals surface area contributed by atoms with Crippen LogP contribution >= 0.6 is 0 Å². The zero-order chi connectivity index (χ0) is 29.3. The van der Waals surface area contributed by atoms with Gasteiger partial charge in [0.1, 0.15) is 13.2 Å². The lowest BCUT2D eigenvalue weighted by Gasteiger charge is -2.29. The Bertz CT molecular complexity index is 818. The van der Waals surface area contributed by atoms with Gasteiger partial charge in [0.15, 0.2) is 0 Å². The number of urea groups is 2. The summed E-state index contributed by atoms with van der Waals surface area (Å²) in [6, 6.07) is 0.151. The van der Waals surface area contributed by atoms with Crippen molar-refractivity contribution < 1.29 is 28.7 Å². The molecule has 2 atom stereocenters. The van der Waals surface area contributed by atoms with Crippen LogP contribution in [0.5, 0.6) is 0 Å². The highest BCUT2D eigenvalue weighted by atomic mass is 16.6. The second-order valence-corrected chi connectivity index (χ2v) is 11.9. The summed E-state index contributed by atoms with van der Waals surface area (Å²) in [6.07, 6.45) is 14.2. The molecule has 6 amide bonds. The summed E-state index contributed by atoms with van der Waals surface area (Å²) in [5.41, 5.74) is 0. The zero-order valence-corrected chi connectivity index (χ0v) is 24.8. The highest BCUT2D eigenvalue weighted by molar-refractivity contribution is 5.74. The Balaban J connectivity index is 1.18. The molecular weight excluding hydrogens is 528 g/mol. The van der Waals surface area contributed by atoms with Gasteiger partial charge in [-0.15, -0.1) is 0 Å². The first-order valence-corrected chi connectivity index (χ1v) is 15.8. The summed E-state index contributed by atoms with van der Waals surface area (Å²) in [5.74, 6) is 0.629. The third-order valence-corrected chi connectivity index (χ3v) is 8.46. The van der Waals surface area contributed by atoms with E-state index in [2.05, 4.69) is 26.6 Å². The molecule has 2 unspecified atom stereocenters. The third-order valence-electron chi connectivity index (χ3n) is 8.46. The number of carbonyl (C=O) groups is 4. The first-order valence-electron chi connectivity index (χ1n) is 15.8. The van der Waals surface area contributed by atoms with Crippen molar-refractivity contribution in [1.82, 2.24) is 31.5 Å². The molecule has 0 aliphatic heterocycles. The fourth-order valence-corrected chi connectivity index (χ4v) is 6.03. The van der Waals surface area contributed by atoms with Crippen molar-refractivity contribution in [2.24, 2.45) is 11.8 Å². The van der Waals surface area contributed by atoms with Gasteiger partial charge < -0.3 is 41.0 Å². The second-order valence-electron chi connectivity index (χ2n) is 11.9. The van der Waals surface area contributed by atoms with E-state index in [1.54, 1.807) is 11.9 Å². The molecule has 0 aromatic carbocycles. The number of carbonyl (C=O) groups excluding carboxylic acids is 4. The van der Waals surface area contributed by atoms with Crippen molar-refractivity contribution in [3.63, 3.8) is 0 Å². The number of alkyl carbamates (subject to hydrolysis) is 2. The van der Waals surface area contributed by atoms with Crippen LogP contribution in [0.4, 0.5) is 19.2 Å². The van der Waals surface area contributed by atoms with E-state index in [1.165, 1.54) is 12.8 Å². The van der Waals surface area contributed by atoms with Gasteiger partial charge in [0, 0.05) is 32.2 Å². The second kappa shape index (κ2) is 18.5. The molecule has 0 bridgehead atoms. The van der Waals surface area contributed by atoms with E-state index in [1.807, 2.05) is 0 Å². The van der Waals surface area contributed by atoms with Crippen molar-refractivity contribution in [1.29, 1.82) is 0 Å². The topological polar surface area (TPSA) is 150 Å². The predicted molar refractivity (Wildman–Crippen MR) is 156 cm³/mol. The van der Waals surface area contributed by atoms with Crippen molar-refractivity contribution in [2.75, 3.05) is 46.4 Å². The summed E-state index contributed by atoms with van der Waals surface area (Å²) in [6.45, 7) is 1.90. The van der Waals surface area contributed by atoms with E-state index in [4.69, 9.17) is 9.47 Å². The summed E-state index contributed by atoms with van der Waals surface area (Å²) < 4.78 is 10.5. The highest BCUT2D eigenvalue weighted by Crippen LogP contribution is 2.28. The lowest BCUT2D eigenvalue weighted by Crippen LogP contribution is -2.45. The van der Waals surface area contributed by atoms with Gasteiger partial charge in [-0.05, 0) is 56.8 Å². The molecule has 12 nitrogen and oxygen atoms in total. The van der Waals surface area contributed by atoms with Crippen LogP contribution in [0.15, 0.2) is 0 Å². The number of ether oxygens (including phenoxy) is 2. The van der Waals surface area contributed by atoms with Crippen LogP contribution in [0.3, 0.4) is 0 Å². The first kappa shape index (κ1) is 32.6. The minimum absolute atomic E-state index is 0.115. The molecule has 0 heterocycles. The van der Waals surface area contributed by atoms with Gasteiger partial charge >= 0.3 is 24.2 Å². The maximum absolute atomic E-state index is 12.3. The molecule has 0 aromatic heterocycles. The van der Waals surface area contributed by atoms with Crippen LogP contribution in [0.2, 0.25) is 0 Å². The Morgan fingerprint density at radius 1 is 0.659 bits per heavy atom. The van der Waals surface area contributed by atoms with Gasteiger partial charge in [-0.3, -0.25) is 0 Å². The smallest absolute Gasteiger partial charge is 0.407 e. The highest BCUT2D eigenvalue weighted by Gasteiger charge is 2.24. The first-order chi connectivity index (χ1) is 19.9. The molecule has 0 aromatic rings. The standard InChI is InChI=1S/C29H52N6O6/c1-35(27(37)34-25-13-6-3-7-14-25)16-18-41-29(39)32-21-23-10-8-9-22(19-23)20-31-28(38)40-17-15-30-26(36)33-24-11-4-2-5-12-24/h22-25H,2-21H2,1H3,(H,31,38)(H,32,39)(H,34,37)(H2,30,33,36). The number of likely N-dealkylation sites (N-methyl/N-ethyl adjacent to an activating group) is 1. The van der Waals surface area contributed by atoms with Crippen LogP contribution in [0.25, 0.3) is 0 Å². The molecule has 3 fully saturated rings. The third kappa shape index (κ3) is 13.5. The molecule has 3 rings (SSSR count). The average molecular weight is 581 g/mol. The number of nitrogens with one attached hydrogen (secondary N) is 5. The van der Waals surface area contributed by atoms with Crippen molar-refractivity contribution >= 4 is 24.2 Å². The maximum Gasteiger partial charge on any atom is 0.407 e. The van der Waals surface area contributed by atoms with E-state index in [0.29, 0.717) is 31.5 Å². The maximum atomic E-state index is 12.3. The minimum Gasteiger partial charge on any atom is -0.448 e. The van der Waals surface area contributed by atoms with Crippen molar-refractivity contribution in [3.8, 4) is 0 Å². The van der Waals surface area contributed by atoms with E-state index in [9.17, 15) is 19.2 Å². The number of hydrogen-bond donors (Lipinski definition) is 5. The van der Waals surface area contributed by atoms with E-state index in [0.717, 1.165) is 77.0 Å². The lowest BCUT2D eigenvalue weighted by atomic mass is 9.81. The monoisotopic (exact) mass is 580 g/mol. The van der Waals surface area contributed by atoms with Gasteiger partial charge in [0.2, 0.25) is 0 Å². The van der Waals surface area contributed by atoms with Gasteiger partial charge in [0.25, 0.3) is 0 Å². The number of amides is 6. The molecule has 12 heteroatoms. The average Bonchev–Trinajstić information content (AvgIpc) is 2.98. The molecule has 41 heavy (non-hydrogen) atoms. The Morgan fingerprint density at radius 2 is 1.20 bits per heavy atom. The lowest BCUT2D eigenvalue weighted by molar-refractivity contribution is 0.129. The van der Waals surface area contributed by atoms with E-state index >= 15 is 0 Å². The molecule has 5 N–H and O–H groups in total. The fourth-order valence-electron chi connectivity index (χ4n) is 6.03. The van der Waals surface area contributed by atoms with Crippen LogP contribution in [-0.2, 0) is 9.47 Å². The minimum atomic E-state index is -0.485. The summed E-state index contributed by atoms with van der Waals surface area (Å²) in [7, 11) is 1.71. The number of hydrogen-bond acceptors (Lipinski definition) is 6. The van der Waals surface area contributed by atoms with Gasteiger partial charge in [0.05, 0.1) is 13.1 Å². The van der Waals surface area contributed by atoms with E-state index in [-0.39, 0.29) is 43.9 Å². The summed E-state index contributed by atoms with van der Waals surface area (Å²) in [5, 5.41) is 14.4. The Hall–Kier alpha value is -2.92. The molecule has 3 aliphatic rings. The Morgan fingerprint density at radius 3 is 1.78 bits per heavy atom. The van der Waals surface area contributed by atoms with Crippen molar-refractivity contribution in [2.45, 2.75) is 102 Å². The Kier molecular flexibility index (Phi) is 14.7. The molecule has 3 aliphatic carbocycles. The van der Waals surface area contributed by atoms with Crippen LogP contribution in [0, 0.1) is 11.8 Å². The Labute approximate surface area is 244 Å². The fraction of sp³-hybridized carbons (Fsp3) is 0.862. The number of nitrogens with zero attached hydrogens (tertiary/aromatic N) is 1.